The number of nitrogens with zero attached hydrogens (tertiary/aromatic N) is 5. The number of furan rings is 1. The maximum Gasteiger partial charge on any atom is 0.294 e. The van der Waals surface area contributed by atoms with Crippen molar-refractivity contribution in [3.8, 4) is 34.4 Å². The average Bonchev–Trinajstić information content (AvgIpc) is 3.58. The Morgan fingerprint density at radius 3 is 2.56 bits per heavy atom. The van der Waals surface area contributed by atoms with Gasteiger partial charge in [-0.15, -0.1) is 0 Å². The van der Waals surface area contributed by atoms with Crippen molar-refractivity contribution in [2.75, 3.05) is 43.1 Å². The van der Waals surface area contributed by atoms with E-state index in [-0.39, 0.29) is 18.2 Å². The normalized spacial score (nSPS) is 12.9. The predicted molar refractivity (Wildman–Crippen MR) is 165 cm³/mol. The molecule has 1 aliphatic heterocycles. The van der Waals surface area contributed by atoms with Crippen molar-refractivity contribution in [1.82, 2.24) is 15.3 Å². The molecule has 0 saturated carbocycles. The van der Waals surface area contributed by atoms with Gasteiger partial charge in [-0.1, -0.05) is 6.07 Å². The second kappa shape index (κ2) is 12.6. The maximum absolute atomic E-state index is 14.2. The molecule has 214 valence electrons. The number of rotatable bonds is 8. The van der Waals surface area contributed by atoms with E-state index in [1.807, 2.05) is 24.3 Å². The van der Waals surface area contributed by atoms with Gasteiger partial charge in [0, 0.05) is 61.7 Å². The molecule has 9 heteroatoms. The third-order valence-electron chi connectivity index (χ3n) is 7.48. The SMILES string of the molecule is COc1ccncc1-c1ncccc1CN(C(=O)c1ccc(-c2ccc(C#N)cc2)o1)c1ccc(N2CCNCC2)cc1. The molecule has 1 fully saturated rings. The highest BCUT2D eigenvalue weighted by Crippen LogP contribution is 2.33. The van der Waals surface area contributed by atoms with Crippen molar-refractivity contribution in [1.29, 1.82) is 5.26 Å². The summed E-state index contributed by atoms with van der Waals surface area (Å²) in [4.78, 5) is 27.1. The molecule has 6 rings (SSSR count). The van der Waals surface area contributed by atoms with E-state index in [4.69, 9.17) is 14.4 Å². The smallest absolute Gasteiger partial charge is 0.294 e. The Bertz CT molecular complexity index is 1750. The van der Waals surface area contributed by atoms with Crippen molar-refractivity contribution < 1.29 is 13.9 Å². The molecule has 1 aliphatic rings. The molecule has 2 aromatic carbocycles. The van der Waals surface area contributed by atoms with Crippen LogP contribution in [-0.4, -0.2) is 49.2 Å². The summed E-state index contributed by atoms with van der Waals surface area (Å²) < 4.78 is 11.7. The number of amides is 1. The Balaban J connectivity index is 1.36. The Labute approximate surface area is 250 Å². The van der Waals surface area contributed by atoms with Gasteiger partial charge in [-0.25, -0.2) is 0 Å². The number of hydrogen-bond donors (Lipinski definition) is 1. The van der Waals surface area contributed by atoms with E-state index < -0.39 is 0 Å². The number of nitrogens with one attached hydrogen (secondary N) is 1. The first-order chi connectivity index (χ1) is 21.1. The zero-order valence-corrected chi connectivity index (χ0v) is 23.7. The summed E-state index contributed by atoms with van der Waals surface area (Å²) in [7, 11) is 1.61. The minimum Gasteiger partial charge on any atom is -0.496 e. The zero-order chi connectivity index (χ0) is 29.6. The Kier molecular flexibility index (Phi) is 8.11. The molecule has 0 radical (unpaired) electrons. The number of benzene rings is 2. The van der Waals surface area contributed by atoms with Crippen molar-refractivity contribution in [3.05, 3.63) is 114 Å². The van der Waals surface area contributed by atoms with E-state index in [0.717, 1.165) is 54.2 Å². The van der Waals surface area contributed by atoms with Gasteiger partial charge < -0.3 is 24.3 Å². The number of hydrogen-bond acceptors (Lipinski definition) is 8. The van der Waals surface area contributed by atoms with Crippen molar-refractivity contribution in [2.24, 2.45) is 0 Å². The molecule has 0 aliphatic carbocycles. The lowest BCUT2D eigenvalue weighted by Crippen LogP contribution is -2.43. The Hall–Kier alpha value is -5.46. The van der Waals surface area contributed by atoms with Crippen LogP contribution in [0.4, 0.5) is 11.4 Å². The average molecular weight is 571 g/mol. The van der Waals surface area contributed by atoms with Crippen LogP contribution in [0.5, 0.6) is 5.75 Å². The van der Waals surface area contributed by atoms with Crippen LogP contribution in [0.15, 0.2) is 102 Å². The minimum atomic E-state index is -0.289. The van der Waals surface area contributed by atoms with Gasteiger partial charge in [0.15, 0.2) is 5.76 Å². The molecule has 3 aromatic heterocycles. The maximum atomic E-state index is 14.2. The molecule has 43 heavy (non-hydrogen) atoms. The lowest BCUT2D eigenvalue weighted by atomic mass is 10.1. The third-order valence-corrected chi connectivity index (χ3v) is 7.48. The number of nitriles is 1. The summed E-state index contributed by atoms with van der Waals surface area (Å²) in [5.41, 5.74) is 5.42. The molecule has 1 N–H and O–H groups in total. The summed E-state index contributed by atoms with van der Waals surface area (Å²) >= 11 is 0. The van der Waals surface area contributed by atoms with Crippen molar-refractivity contribution in [2.45, 2.75) is 6.54 Å². The predicted octanol–water partition coefficient (Wildman–Crippen LogP) is 5.54. The zero-order valence-electron chi connectivity index (χ0n) is 23.7. The van der Waals surface area contributed by atoms with Crippen molar-refractivity contribution in [3.63, 3.8) is 0 Å². The largest absolute Gasteiger partial charge is 0.496 e. The fourth-order valence-corrected chi connectivity index (χ4v) is 5.21. The van der Waals surface area contributed by atoms with Crippen LogP contribution in [0, 0.1) is 11.3 Å². The van der Waals surface area contributed by atoms with E-state index in [1.54, 1.807) is 73.1 Å². The van der Waals surface area contributed by atoms with E-state index in [9.17, 15) is 4.79 Å². The second-order valence-corrected chi connectivity index (χ2v) is 10.1. The molecule has 1 amide bonds. The number of ether oxygens (including phenoxy) is 1. The van der Waals surface area contributed by atoms with Crippen LogP contribution < -0.4 is 19.9 Å². The number of methoxy groups -OCH3 is 1. The first-order valence-corrected chi connectivity index (χ1v) is 14.0. The Morgan fingerprint density at radius 1 is 1.02 bits per heavy atom. The van der Waals surface area contributed by atoms with Crippen LogP contribution in [0.25, 0.3) is 22.6 Å². The Morgan fingerprint density at radius 2 is 1.81 bits per heavy atom. The lowest BCUT2D eigenvalue weighted by Gasteiger charge is -2.30. The second-order valence-electron chi connectivity index (χ2n) is 10.1. The molecular weight excluding hydrogens is 540 g/mol. The minimum absolute atomic E-state index is 0.204. The highest BCUT2D eigenvalue weighted by Gasteiger charge is 2.24. The standard InChI is InChI=1S/C34H30N6O3/c1-42-31-14-16-37-22-29(31)33-26(3-2-15-38-33)23-40(28-10-8-27(9-11-28)39-19-17-36-18-20-39)34(41)32-13-12-30(43-32)25-6-4-24(21-35)5-7-25/h2-16,22,36H,17-20,23H2,1H3. The van der Waals surface area contributed by atoms with Crippen LogP contribution in [0.3, 0.4) is 0 Å². The van der Waals surface area contributed by atoms with Crippen LogP contribution in [0.1, 0.15) is 21.7 Å². The van der Waals surface area contributed by atoms with Gasteiger partial charge in [0.25, 0.3) is 5.91 Å². The van der Waals surface area contributed by atoms with Gasteiger partial charge in [-0.3, -0.25) is 14.8 Å². The van der Waals surface area contributed by atoms with E-state index in [0.29, 0.717) is 22.8 Å². The van der Waals surface area contributed by atoms with Gasteiger partial charge in [-0.2, -0.15) is 5.26 Å². The van der Waals surface area contributed by atoms with Crippen molar-refractivity contribution >= 4 is 17.3 Å². The van der Waals surface area contributed by atoms with E-state index in [1.165, 1.54) is 0 Å². The third kappa shape index (κ3) is 5.96. The highest BCUT2D eigenvalue weighted by atomic mass is 16.5. The molecular formula is C34H30N6O3. The summed E-state index contributed by atoms with van der Waals surface area (Å²) in [6.07, 6.45) is 5.11. The van der Waals surface area contributed by atoms with Crippen LogP contribution in [-0.2, 0) is 6.54 Å². The van der Waals surface area contributed by atoms with E-state index in [2.05, 4.69) is 38.4 Å². The number of aromatic nitrogens is 2. The number of carbonyl (C=O) groups is 1. The van der Waals surface area contributed by atoms with Crippen LogP contribution in [0.2, 0.25) is 0 Å². The van der Waals surface area contributed by atoms with Gasteiger partial charge in [0.2, 0.25) is 0 Å². The van der Waals surface area contributed by atoms with Gasteiger partial charge in [0.05, 0.1) is 36.5 Å². The monoisotopic (exact) mass is 570 g/mol. The van der Waals surface area contributed by atoms with E-state index >= 15 is 0 Å². The lowest BCUT2D eigenvalue weighted by molar-refractivity contribution is 0.0959. The van der Waals surface area contributed by atoms with Gasteiger partial charge >= 0.3 is 0 Å². The molecule has 1 saturated heterocycles. The molecule has 4 heterocycles. The number of anilines is 2. The first kappa shape index (κ1) is 27.7. The number of carbonyl (C=O) groups excluding carboxylic acids is 1. The van der Waals surface area contributed by atoms with Crippen LogP contribution >= 0.6 is 0 Å². The summed E-state index contributed by atoms with van der Waals surface area (Å²) in [5, 5.41) is 12.5. The fraction of sp³-hybridized carbons (Fsp3) is 0.176. The highest BCUT2D eigenvalue weighted by molar-refractivity contribution is 6.04. The van der Waals surface area contributed by atoms with Gasteiger partial charge in [-0.05, 0) is 78.4 Å². The fourth-order valence-electron chi connectivity index (χ4n) is 5.21. The molecule has 0 spiro atoms. The quantitative estimate of drug-likeness (QED) is 0.259. The summed E-state index contributed by atoms with van der Waals surface area (Å²) in [5.74, 6) is 1.10. The van der Waals surface area contributed by atoms with Gasteiger partial charge in [0.1, 0.15) is 11.5 Å². The molecule has 0 unspecified atom stereocenters. The summed E-state index contributed by atoms with van der Waals surface area (Å²) in [6.45, 7) is 3.97. The number of pyridine rings is 2. The molecule has 9 nitrogen and oxygen atoms in total. The first-order valence-electron chi connectivity index (χ1n) is 14.0. The molecule has 0 bridgehead atoms. The summed E-state index contributed by atoms with van der Waals surface area (Å²) in [6, 6.07) is 26.3. The number of piperazine rings is 1. The topological polar surface area (TPSA) is 108 Å². The molecule has 5 aromatic rings. The molecule has 0 atom stereocenters.